The molecule has 164 valence electrons. The van der Waals surface area contributed by atoms with Gasteiger partial charge in [0, 0.05) is 33.9 Å². The van der Waals surface area contributed by atoms with Crippen molar-refractivity contribution in [1.82, 2.24) is 0 Å². The Hall–Kier alpha value is -3.66. The lowest BCUT2D eigenvalue weighted by Crippen LogP contribution is -2.30. The van der Waals surface area contributed by atoms with Crippen molar-refractivity contribution in [2.45, 2.75) is 26.2 Å². The number of pyridine rings is 1. The highest BCUT2D eigenvalue weighted by atomic mass is 19.1. The molecule has 5 aromatic rings. The van der Waals surface area contributed by atoms with Crippen LogP contribution in [0.3, 0.4) is 0 Å². The van der Waals surface area contributed by atoms with Crippen LogP contribution in [0.15, 0.2) is 71.3 Å². The van der Waals surface area contributed by atoms with Gasteiger partial charge in [-0.05, 0) is 42.3 Å². The minimum atomic E-state index is -0.303. The Bertz CT molecular complexity index is 1580. The maximum atomic E-state index is 15.3. The van der Waals surface area contributed by atoms with E-state index in [1.807, 2.05) is 43.6 Å². The Morgan fingerprint density at radius 2 is 1.67 bits per heavy atom. The first kappa shape index (κ1) is 20.0. The second-order valence-corrected chi connectivity index (χ2v) is 9.62. The summed E-state index contributed by atoms with van der Waals surface area (Å²) in [5, 5.41) is 1.89. The fraction of sp³-hybridized carbons (Fsp3) is 0.207. The van der Waals surface area contributed by atoms with E-state index in [4.69, 9.17) is 9.15 Å². The van der Waals surface area contributed by atoms with Gasteiger partial charge in [0.25, 0.3) is 0 Å². The Morgan fingerprint density at radius 3 is 2.45 bits per heavy atom. The van der Waals surface area contributed by atoms with Crippen molar-refractivity contribution in [2.75, 3.05) is 6.61 Å². The Morgan fingerprint density at radius 1 is 0.909 bits per heavy atom. The van der Waals surface area contributed by atoms with Crippen LogP contribution in [0.25, 0.3) is 44.3 Å². The van der Waals surface area contributed by atoms with Gasteiger partial charge < -0.3 is 9.15 Å². The van der Waals surface area contributed by atoms with Gasteiger partial charge in [0.1, 0.15) is 29.8 Å². The van der Waals surface area contributed by atoms with E-state index in [0.29, 0.717) is 17.8 Å². The van der Waals surface area contributed by atoms with Crippen LogP contribution in [-0.4, -0.2) is 6.61 Å². The number of hydrogen-bond donors (Lipinski definition) is 0. The minimum absolute atomic E-state index is 0.0462. The Labute approximate surface area is 192 Å². The number of rotatable bonds is 2. The van der Waals surface area contributed by atoms with Crippen LogP contribution in [0, 0.1) is 12.7 Å². The van der Waals surface area contributed by atoms with Gasteiger partial charge in [-0.1, -0.05) is 38.1 Å². The molecule has 3 nitrogen and oxygen atoms in total. The highest BCUT2D eigenvalue weighted by Crippen LogP contribution is 2.44. The molecule has 2 aromatic heterocycles. The van der Waals surface area contributed by atoms with Gasteiger partial charge in [-0.3, -0.25) is 0 Å². The van der Waals surface area contributed by atoms with Gasteiger partial charge in [-0.2, -0.15) is 0 Å². The largest absolute Gasteiger partial charge is 0.492 e. The lowest BCUT2D eigenvalue weighted by Gasteiger charge is -2.15. The molecule has 0 unspecified atom stereocenters. The molecule has 3 heterocycles. The Kier molecular flexibility index (Phi) is 4.19. The molecule has 0 atom stereocenters. The number of aryl methyl sites for hydroxylation is 2. The molecule has 1 aliphatic heterocycles. The first-order chi connectivity index (χ1) is 15.8. The van der Waals surface area contributed by atoms with Crippen LogP contribution in [0.4, 0.5) is 4.39 Å². The van der Waals surface area contributed by atoms with E-state index in [0.717, 1.165) is 50.1 Å². The lowest BCUT2D eigenvalue weighted by atomic mass is 9.86. The van der Waals surface area contributed by atoms with Gasteiger partial charge in [-0.25, -0.2) is 8.96 Å². The zero-order valence-corrected chi connectivity index (χ0v) is 19.2. The van der Waals surface area contributed by atoms with E-state index in [2.05, 4.69) is 49.6 Å². The third-order valence-corrected chi connectivity index (χ3v) is 6.87. The van der Waals surface area contributed by atoms with E-state index < -0.39 is 0 Å². The van der Waals surface area contributed by atoms with E-state index in [-0.39, 0.29) is 11.2 Å². The van der Waals surface area contributed by atoms with Crippen LogP contribution in [0.1, 0.15) is 25.0 Å². The van der Waals surface area contributed by atoms with Crippen molar-refractivity contribution < 1.29 is 18.1 Å². The maximum Gasteiger partial charge on any atom is 0.216 e. The molecule has 0 fully saturated rings. The number of hydrogen-bond acceptors (Lipinski definition) is 2. The molecule has 1 aliphatic rings. The molecule has 3 aromatic carbocycles. The maximum absolute atomic E-state index is 15.3. The summed E-state index contributed by atoms with van der Waals surface area (Å²) in [6.07, 6.45) is 2.02. The second-order valence-electron chi connectivity index (χ2n) is 9.62. The van der Waals surface area contributed by atoms with Crippen LogP contribution < -0.4 is 9.30 Å². The highest BCUT2D eigenvalue weighted by Gasteiger charge is 2.32. The smallest absolute Gasteiger partial charge is 0.216 e. The van der Waals surface area contributed by atoms with Gasteiger partial charge in [-0.15, -0.1) is 0 Å². The quantitative estimate of drug-likeness (QED) is 0.281. The standard InChI is InChI=1S/C29H25FNO2/c1-17-8-10-19-20-11-13-22(30)26(18-9-12-21-24(15-18)32-16-29(21,2)3)28(20)33-27(19)25(17)23-7-5-6-14-31(23)4/h5-15H,16H2,1-4H3/q+1. The minimum Gasteiger partial charge on any atom is -0.492 e. The van der Waals surface area contributed by atoms with Gasteiger partial charge in [0.15, 0.2) is 6.20 Å². The summed E-state index contributed by atoms with van der Waals surface area (Å²) >= 11 is 0. The topological polar surface area (TPSA) is 26.2 Å². The normalized spacial score (nSPS) is 14.6. The predicted octanol–water partition coefficient (Wildman–Crippen LogP) is 6.86. The summed E-state index contributed by atoms with van der Waals surface area (Å²) in [6.45, 7) is 7.02. The first-order valence-electron chi connectivity index (χ1n) is 11.2. The third kappa shape index (κ3) is 2.90. The summed E-state index contributed by atoms with van der Waals surface area (Å²) in [5.41, 5.74) is 6.86. The zero-order chi connectivity index (χ0) is 22.9. The predicted molar refractivity (Wildman–Crippen MR) is 129 cm³/mol. The number of furan rings is 1. The highest BCUT2D eigenvalue weighted by molar-refractivity contribution is 6.13. The van der Waals surface area contributed by atoms with Crippen molar-refractivity contribution in [3.05, 3.63) is 83.8 Å². The number of ether oxygens (including phenoxy) is 1. The fourth-order valence-corrected chi connectivity index (χ4v) is 5.04. The Balaban J connectivity index is 1.65. The molecule has 0 saturated heterocycles. The second kappa shape index (κ2) is 6.92. The lowest BCUT2D eigenvalue weighted by molar-refractivity contribution is -0.660. The molecule has 4 heteroatoms. The molecule has 0 bridgehead atoms. The van der Waals surface area contributed by atoms with Crippen molar-refractivity contribution in [1.29, 1.82) is 0 Å². The van der Waals surface area contributed by atoms with Crippen molar-refractivity contribution in [3.8, 4) is 28.1 Å². The van der Waals surface area contributed by atoms with Crippen molar-refractivity contribution in [3.63, 3.8) is 0 Å². The third-order valence-electron chi connectivity index (χ3n) is 6.87. The molecule has 0 saturated carbocycles. The van der Waals surface area contributed by atoms with E-state index in [1.54, 1.807) is 0 Å². The van der Waals surface area contributed by atoms with Gasteiger partial charge in [0.2, 0.25) is 5.69 Å². The number of halogens is 1. The number of benzene rings is 3. The summed E-state index contributed by atoms with van der Waals surface area (Å²) < 4.78 is 29.8. The number of aromatic nitrogens is 1. The zero-order valence-electron chi connectivity index (χ0n) is 19.2. The molecule has 33 heavy (non-hydrogen) atoms. The molecule has 0 spiro atoms. The van der Waals surface area contributed by atoms with Crippen LogP contribution in [0.5, 0.6) is 5.75 Å². The first-order valence-corrected chi connectivity index (χ1v) is 11.2. The van der Waals surface area contributed by atoms with Crippen molar-refractivity contribution >= 4 is 21.9 Å². The van der Waals surface area contributed by atoms with Crippen LogP contribution in [-0.2, 0) is 12.5 Å². The van der Waals surface area contributed by atoms with Crippen molar-refractivity contribution in [2.24, 2.45) is 7.05 Å². The number of fused-ring (bicyclic) bond motifs is 4. The molecular weight excluding hydrogens is 413 g/mol. The summed E-state index contributed by atoms with van der Waals surface area (Å²) in [5.74, 6) is 0.514. The van der Waals surface area contributed by atoms with Gasteiger partial charge in [0.05, 0.1) is 17.7 Å². The molecular formula is C29H25FNO2+. The molecule has 6 rings (SSSR count). The van der Waals surface area contributed by atoms with E-state index in [9.17, 15) is 0 Å². The molecule has 0 amide bonds. The monoisotopic (exact) mass is 438 g/mol. The summed E-state index contributed by atoms with van der Waals surface area (Å²) in [4.78, 5) is 0. The molecule has 0 radical (unpaired) electrons. The number of nitrogens with zero attached hydrogens (tertiary/aromatic N) is 1. The average molecular weight is 439 g/mol. The molecule has 0 aliphatic carbocycles. The SMILES string of the molecule is Cc1ccc2c(oc3c(-c4ccc5c(c4)OCC5(C)C)c(F)ccc32)c1-c1cccc[n+]1C. The van der Waals surface area contributed by atoms with Crippen LogP contribution >= 0.6 is 0 Å². The summed E-state index contributed by atoms with van der Waals surface area (Å²) in [6, 6.07) is 19.6. The molecule has 0 N–H and O–H groups in total. The van der Waals surface area contributed by atoms with E-state index in [1.165, 1.54) is 6.07 Å². The summed E-state index contributed by atoms with van der Waals surface area (Å²) in [7, 11) is 2.02. The average Bonchev–Trinajstić information content (AvgIpc) is 3.31. The fourth-order valence-electron chi connectivity index (χ4n) is 5.04. The van der Waals surface area contributed by atoms with E-state index >= 15 is 4.39 Å². The van der Waals surface area contributed by atoms with Crippen LogP contribution in [0.2, 0.25) is 0 Å². The van der Waals surface area contributed by atoms with Gasteiger partial charge >= 0.3 is 0 Å².